The molecule has 0 radical (unpaired) electrons. The maximum atomic E-state index is 14.0. The summed E-state index contributed by atoms with van der Waals surface area (Å²) in [5.41, 5.74) is 1.21. The fourth-order valence-corrected chi connectivity index (χ4v) is 2.75. The summed E-state index contributed by atoms with van der Waals surface area (Å²) in [6, 6.07) is 10.3. The first-order chi connectivity index (χ1) is 9.65. The summed E-state index contributed by atoms with van der Waals surface area (Å²) < 4.78 is 25.6. The average molecular weight is 358 g/mol. The Bertz CT molecular complexity index is 648. The van der Waals surface area contributed by atoms with Crippen LogP contribution in [0.1, 0.15) is 16.5 Å². The van der Waals surface area contributed by atoms with Gasteiger partial charge >= 0.3 is 0 Å². The monoisotopic (exact) mass is 356 g/mol. The van der Waals surface area contributed by atoms with Crippen LogP contribution < -0.4 is 9.47 Å². The van der Waals surface area contributed by atoms with Gasteiger partial charge in [-0.1, -0.05) is 28.1 Å². The Balaban J connectivity index is 1.95. The fourth-order valence-electron chi connectivity index (χ4n) is 2.10. The summed E-state index contributed by atoms with van der Waals surface area (Å²) >= 11 is 9.61. The molecule has 2 aromatic carbocycles. The van der Waals surface area contributed by atoms with Crippen molar-refractivity contribution >= 4 is 27.5 Å². The van der Waals surface area contributed by atoms with Gasteiger partial charge in [-0.25, -0.2) is 4.39 Å². The van der Waals surface area contributed by atoms with E-state index in [0.717, 1.165) is 5.56 Å². The quantitative estimate of drug-likeness (QED) is 0.726. The molecule has 2 nitrogen and oxygen atoms in total. The van der Waals surface area contributed by atoms with E-state index in [2.05, 4.69) is 15.9 Å². The lowest BCUT2D eigenvalue weighted by Crippen LogP contribution is -2.15. The summed E-state index contributed by atoms with van der Waals surface area (Å²) in [6.07, 6.45) is 0. The second-order valence-corrected chi connectivity index (χ2v) is 5.78. The summed E-state index contributed by atoms with van der Waals surface area (Å²) in [5, 5.41) is -0.570. The summed E-state index contributed by atoms with van der Waals surface area (Å²) in [6.45, 7) is 1.05. The van der Waals surface area contributed by atoms with E-state index in [0.29, 0.717) is 34.7 Å². The molecule has 0 bridgehead atoms. The van der Waals surface area contributed by atoms with Crippen molar-refractivity contribution in [1.29, 1.82) is 0 Å². The Kier molecular flexibility index (Phi) is 3.85. The Morgan fingerprint density at radius 2 is 1.80 bits per heavy atom. The number of ether oxygens (including phenoxy) is 2. The largest absolute Gasteiger partial charge is 0.486 e. The second kappa shape index (κ2) is 5.62. The van der Waals surface area contributed by atoms with Gasteiger partial charge in [0.25, 0.3) is 0 Å². The van der Waals surface area contributed by atoms with E-state index in [-0.39, 0.29) is 5.82 Å². The number of benzene rings is 2. The minimum Gasteiger partial charge on any atom is -0.486 e. The molecule has 3 rings (SSSR count). The molecule has 1 atom stereocenters. The standard InChI is InChI=1S/C15H11BrClFO2/c16-10-2-3-11(12(18)8-10)15(17)9-1-4-13-14(7-9)20-6-5-19-13/h1-4,7-8,15H,5-6H2. The molecule has 0 saturated heterocycles. The van der Waals surface area contributed by atoms with Gasteiger partial charge < -0.3 is 9.47 Å². The number of fused-ring (bicyclic) bond motifs is 1. The Hall–Kier alpha value is -1.26. The highest BCUT2D eigenvalue weighted by molar-refractivity contribution is 9.10. The molecule has 0 spiro atoms. The van der Waals surface area contributed by atoms with Crippen molar-refractivity contribution in [1.82, 2.24) is 0 Å². The van der Waals surface area contributed by atoms with E-state index in [1.165, 1.54) is 6.07 Å². The van der Waals surface area contributed by atoms with E-state index in [1.807, 2.05) is 6.07 Å². The van der Waals surface area contributed by atoms with Crippen LogP contribution in [0, 0.1) is 5.82 Å². The van der Waals surface area contributed by atoms with Gasteiger partial charge in [0.1, 0.15) is 19.0 Å². The van der Waals surface area contributed by atoms with Gasteiger partial charge in [-0.05, 0) is 29.8 Å². The maximum Gasteiger partial charge on any atom is 0.161 e. The van der Waals surface area contributed by atoms with Crippen LogP contribution in [0.5, 0.6) is 11.5 Å². The fraction of sp³-hybridized carbons (Fsp3) is 0.200. The number of rotatable bonds is 2. The van der Waals surface area contributed by atoms with Crippen LogP contribution in [0.25, 0.3) is 0 Å². The number of hydrogen-bond donors (Lipinski definition) is 0. The molecule has 0 amide bonds. The molecule has 1 unspecified atom stereocenters. The molecule has 5 heteroatoms. The molecule has 0 N–H and O–H groups in total. The minimum atomic E-state index is -0.570. The van der Waals surface area contributed by atoms with Crippen molar-refractivity contribution in [2.24, 2.45) is 0 Å². The van der Waals surface area contributed by atoms with Gasteiger partial charge in [-0.2, -0.15) is 0 Å². The van der Waals surface area contributed by atoms with Crippen LogP contribution in [0.3, 0.4) is 0 Å². The van der Waals surface area contributed by atoms with Crippen molar-refractivity contribution in [2.45, 2.75) is 5.38 Å². The van der Waals surface area contributed by atoms with E-state index in [9.17, 15) is 4.39 Å². The molecule has 20 heavy (non-hydrogen) atoms. The molecule has 1 heterocycles. The lowest BCUT2D eigenvalue weighted by Gasteiger charge is -2.20. The summed E-state index contributed by atoms with van der Waals surface area (Å²) in [4.78, 5) is 0. The van der Waals surface area contributed by atoms with Gasteiger partial charge in [-0.15, -0.1) is 11.6 Å². The Morgan fingerprint density at radius 1 is 1.05 bits per heavy atom. The molecule has 0 aromatic heterocycles. The number of hydrogen-bond acceptors (Lipinski definition) is 2. The first-order valence-electron chi connectivity index (χ1n) is 6.14. The third-order valence-corrected chi connectivity index (χ3v) is 4.07. The van der Waals surface area contributed by atoms with Crippen LogP contribution in [0.2, 0.25) is 0 Å². The van der Waals surface area contributed by atoms with Crippen LogP contribution in [0.15, 0.2) is 40.9 Å². The first kappa shape index (κ1) is 13.7. The minimum absolute atomic E-state index is 0.339. The highest BCUT2D eigenvalue weighted by atomic mass is 79.9. The normalized spacial score (nSPS) is 14.9. The average Bonchev–Trinajstić information content (AvgIpc) is 2.46. The van der Waals surface area contributed by atoms with Gasteiger partial charge in [-0.3, -0.25) is 0 Å². The number of alkyl halides is 1. The van der Waals surface area contributed by atoms with E-state index < -0.39 is 5.38 Å². The summed E-state index contributed by atoms with van der Waals surface area (Å²) in [7, 11) is 0. The van der Waals surface area contributed by atoms with Gasteiger partial charge in [0.2, 0.25) is 0 Å². The van der Waals surface area contributed by atoms with Gasteiger partial charge in [0.05, 0.1) is 5.38 Å². The van der Waals surface area contributed by atoms with Crippen molar-refractivity contribution in [3.05, 3.63) is 57.8 Å². The molecule has 2 aromatic rings. The summed E-state index contributed by atoms with van der Waals surface area (Å²) in [5.74, 6) is 1.01. The molecule has 0 fully saturated rings. The lowest BCUT2D eigenvalue weighted by atomic mass is 10.0. The van der Waals surface area contributed by atoms with Crippen LogP contribution in [-0.2, 0) is 0 Å². The zero-order valence-corrected chi connectivity index (χ0v) is 12.7. The predicted octanol–water partition coefficient (Wildman–Crippen LogP) is 4.69. The smallest absolute Gasteiger partial charge is 0.161 e. The molecule has 1 aliphatic rings. The van der Waals surface area contributed by atoms with Crippen LogP contribution >= 0.6 is 27.5 Å². The zero-order chi connectivity index (χ0) is 14.1. The van der Waals surface area contributed by atoms with Crippen molar-refractivity contribution in [3.63, 3.8) is 0 Å². The zero-order valence-electron chi connectivity index (χ0n) is 10.4. The van der Waals surface area contributed by atoms with Gasteiger partial charge in [0.15, 0.2) is 11.5 Å². The highest BCUT2D eigenvalue weighted by Gasteiger charge is 2.19. The van der Waals surface area contributed by atoms with Crippen molar-refractivity contribution in [2.75, 3.05) is 13.2 Å². The second-order valence-electron chi connectivity index (χ2n) is 4.43. The van der Waals surface area contributed by atoms with Crippen molar-refractivity contribution < 1.29 is 13.9 Å². The third-order valence-electron chi connectivity index (χ3n) is 3.09. The topological polar surface area (TPSA) is 18.5 Å². The van der Waals surface area contributed by atoms with E-state index in [4.69, 9.17) is 21.1 Å². The highest BCUT2D eigenvalue weighted by Crippen LogP contribution is 2.37. The molecule has 0 aliphatic carbocycles. The van der Waals surface area contributed by atoms with E-state index >= 15 is 0 Å². The lowest BCUT2D eigenvalue weighted by molar-refractivity contribution is 0.171. The molecular formula is C15H11BrClFO2. The molecule has 104 valence electrons. The Morgan fingerprint density at radius 3 is 2.55 bits per heavy atom. The Labute approximate surface area is 129 Å². The van der Waals surface area contributed by atoms with Crippen LogP contribution in [0.4, 0.5) is 4.39 Å². The predicted molar refractivity (Wildman–Crippen MR) is 79.2 cm³/mol. The van der Waals surface area contributed by atoms with Crippen molar-refractivity contribution in [3.8, 4) is 11.5 Å². The van der Waals surface area contributed by atoms with E-state index in [1.54, 1.807) is 24.3 Å². The molecule has 1 aliphatic heterocycles. The van der Waals surface area contributed by atoms with Gasteiger partial charge in [0, 0.05) is 10.0 Å². The van der Waals surface area contributed by atoms with Crippen LogP contribution in [-0.4, -0.2) is 13.2 Å². The first-order valence-corrected chi connectivity index (χ1v) is 7.36. The number of halogens is 3. The molecule has 0 saturated carbocycles. The molecular weight excluding hydrogens is 347 g/mol. The maximum absolute atomic E-state index is 14.0. The third kappa shape index (κ3) is 2.63. The SMILES string of the molecule is Fc1cc(Br)ccc1C(Cl)c1ccc2c(c1)OCCO2.